The Morgan fingerprint density at radius 1 is 0.725 bits per heavy atom. The van der Waals surface area contributed by atoms with Gasteiger partial charge >= 0.3 is 21.1 Å². The molecule has 0 N–H and O–H groups in total. The maximum atomic E-state index is 6.44. The number of nitrogens with zero attached hydrogens (tertiary/aromatic N) is 4. The first kappa shape index (κ1) is 27.9. The number of benzene rings is 3. The smallest absolute Gasteiger partial charge is 0.509 e. The average Bonchev–Trinajstić information content (AvgIpc) is 3.54. The van der Waals surface area contributed by atoms with E-state index in [0.29, 0.717) is 11.5 Å². The molecule has 0 unspecified atom stereocenters. The van der Waals surface area contributed by atoms with E-state index in [1.807, 2.05) is 24.5 Å². The Bertz CT molecular complexity index is 1800. The SMILES string of the molecule is CC(C)(C)c1cc(Oc2[c-]c3c(cc2)c2ccccc2n3-c2cc(C(C)(C)C)ccn2)[c-]c(-n2cccn2)c1.[Pt+2]. The molecule has 3 heterocycles. The van der Waals surface area contributed by atoms with Crippen molar-refractivity contribution in [2.75, 3.05) is 0 Å². The standard InChI is InChI=1S/C34H32N4O.Pt/c1-33(2,3)23-14-16-35-32(20-23)38-30-11-8-7-10-28(30)29-13-12-26(22-31(29)38)39-27-19-24(34(4,5)6)18-25(21-27)37-17-9-15-36-37;/h7-20H,1-6H3;/q-2;+2. The number of hydrogen-bond acceptors (Lipinski definition) is 3. The molecule has 0 fully saturated rings. The van der Waals surface area contributed by atoms with Crippen LogP contribution < -0.4 is 4.74 Å². The molecule has 6 rings (SSSR count). The van der Waals surface area contributed by atoms with Gasteiger partial charge in [-0.1, -0.05) is 65.3 Å². The van der Waals surface area contributed by atoms with Gasteiger partial charge in [0.1, 0.15) is 5.82 Å². The summed E-state index contributed by atoms with van der Waals surface area (Å²) in [5.41, 5.74) is 5.15. The van der Waals surface area contributed by atoms with E-state index in [1.165, 1.54) is 5.56 Å². The van der Waals surface area contributed by atoms with E-state index < -0.39 is 0 Å². The Kier molecular flexibility index (Phi) is 7.22. The van der Waals surface area contributed by atoms with Gasteiger partial charge in [0.2, 0.25) is 0 Å². The van der Waals surface area contributed by atoms with Gasteiger partial charge in [-0.3, -0.25) is 4.68 Å². The van der Waals surface area contributed by atoms with Crippen LogP contribution in [0.5, 0.6) is 11.5 Å². The zero-order valence-corrected chi connectivity index (χ0v) is 25.9. The van der Waals surface area contributed by atoms with Crippen LogP contribution in [0.1, 0.15) is 52.7 Å². The first-order valence-corrected chi connectivity index (χ1v) is 13.3. The number of rotatable bonds is 4. The largest absolute Gasteiger partial charge is 2.00 e. The van der Waals surface area contributed by atoms with Crippen molar-refractivity contribution in [1.82, 2.24) is 19.3 Å². The summed E-state index contributed by atoms with van der Waals surface area (Å²) in [5, 5.41) is 6.66. The third kappa shape index (κ3) is 5.23. The Labute approximate surface area is 250 Å². The first-order chi connectivity index (χ1) is 18.6. The zero-order valence-electron chi connectivity index (χ0n) is 23.6. The molecule has 3 aromatic carbocycles. The molecular weight excluding hydrogens is 675 g/mol. The van der Waals surface area contributed by atoms with Crippen molar-refractivity contribution in [3.63, 3.8) is 0 Å². The molecule has 0 saturated carbocycles. The monoisotopic (exact) mass is 707 g/mol. The number of ether oxygens (including phenoxy) is 1. The topological polar surface area (TPSA) is 44.9 Å². The molecule has 0 atom stereocenters. The van der Waals surface area contributed by atoms with Crippen LogP contribution in [0.4, 0.5) is 0 Å². The minimum atomic E-state index is -0.0705. The number of fused-ring (bicyclic) bond motifs is 3. The van der Waals surface area contributed by atoms with Crippen molar-refractivity contribution in [2.45, 2.75) is 52.4 Å². The van der Waals surface area contributed by atoms with Gasteiger partial charge in [-0.25, -0.2) is 4.98 Å². The second-order valence-corrected chi connectivity index (χ2v) is 12.0. The summed E-state index contributed by atoms with van der Waals surface area (Å²) in [6, 6.07) is 29.8. The molecule has 40 heavy (non-hydrogen) atoms. The fourth-order valence-corrected chi connectivity index (χ4v) is 4.85. The van der Waals surface area contributed by atoms with Crippen LogP contribution in [-0.4, -0.2) is 19.3 Å². The summed E-state index contributed by atoms with van der Waals surface area (Å²) in [6.45, 7) is 13.2. The molecule has 0 spiro atoms. The molecule has 0 aliphatic carbocycles. The van der Waals surface area contributed by atoms with E-state index in [9.17, 15) is 0 Å². The molecule has 3 aromatic heterocycles. The molecule has 6 aromatic rings. The van der Waals surface area contributed by atoms with E-state index in [2.05, 4.69) is 118 Å². The minimum absolute atomic E-state index is 0. The molecular formula is C34H32N4OPt. The van der Waals surface area contributed by atoms with Gasteiger partial charge in [-0.05, 0) is 51.7 Å². The van der Waals surface area contributed by atoms with Gasteiger partial charge in [0.25, 0.3) is 0 Å². The van der Waals surface area contributed by atoms with Crippen molar-refractivity contribution in [3.8, 4) is 23.0 Å². The van der Waals surface area contributed by atoms with Crippen LogP contribution in [0.25, 0.3) is 33.3 Å². The summed E-state index contributed by atoms with van der Waals surface area (Å²) in [4.78, 5) is 4.77. The number of hydrogen-bond donors (Lipinski definition) is 0. The van der Waals surface area contributed by atoms with Gasteiger partial charge in [0, 0.05) is 35.6 Å². The normalized spacial score (nSPS) is 12.1. The Balaban J connectivity index is 0.00000323. The quantitative estimate of drug-likeness (QED) is 0.173. The Morgan fingerprint density at radius 3 is 2.23 bits per heavy atom. The van der Waals surface area contributed by atoms with Crippen LogP contribution in [0.15, 0.2) is 85.3 Å². The third-order valence-corrected chi connectivity index (χ3v) is 7.06. The van der Waals surface area contributed by atoms with Crippen molar-refractivity contribution in [3.05, 3.63) is 109 Å². The summed E-state index contributed by atoms with van der Waals surface area (Å²) in [6.07, 6.45) is 5.57. The van der Waals surface area contributed by atoms with E-state index in [4.69, 9.17) is 9.72 Å². The molecule has 0 aliphatic rings. The zero-order chi connectivity index (χ0) is 27.4. The molecule has 0 radical (unpaired) electrons. The van der Waals surface area contributed by atoms with Gasteiger partial charge in [0.05, 0.1) is 0 Å². The maximum absolute atomic E-state index is 6.44. The van der Waals surface area contributed by atoms with Gasteiger partial charge in [0.15, 0.2) is 0 Å². The molecule has 204 valence electrons. The van der Waals surface area contributed by atoms with Crippen LogP contribution in [-0.2, 0) is 31.9 Å². The average molecular weight is 708 g/mol. The number of aromatic nitrogens is 4. The summed E-state index contributed by atoms with van der Waals surface area (Å²) in [5.74, 6) is 2.11. The van der Waals surface area contributed by atoms with Crippen LogP contribution >= 0.6 is 0 Å². The predicted molar refractivity (Wildman–Crippen MR) is 157 cm³/mol. The second kappa shape index (κ2) is 10.4. The van der Waals surface area contributed by atoms with Gasteiger partial charge in [-0.2, -0.15) is 11.2 Å². The van der Waals surface area contributed by atoms with Crippen LogP contribution in [0.2, 0.25) is 0 Å². The molecule has 6 heteroatoms. The number of pyridine rings is 1. The van der Waals surface area contributed by atoms with Crippen LogP contribution in [0.3, 0.4) is 0 Å². The molecule has 0 saturated heterocycles. The van der Waals surface area contributed by atoms with E-state index >= 15 is 0 Å². The fraction of sp³-hybridized carbons (Fsp3) is 0.235. The Hall–Kier alpha value is -3.69. The summed E-state index contributed by atoms with van der Waals surface area (Å²) < 4.78 is 10.4. The van der Waals surface area contributed by atoms with Gasteiger partial charge in [-0.15, -0.1) is 41.3 Å². The van der Waals surface area contributed by atoms with E-state index in [0.717, 1.165) is 38.9 Å². The first-order valence-electron chi connectivity index (χ1n) is 13.3. The Morgan fingerprint density at radius 2 is 1.50 bits per heavy atom. The van der Waals surface area contributed by atoms with Crippen molar-refractivity contribution < 1.29 is 25.8 Å². The molecule has 5 nitrogen and oxygen atoms in total. The maximum Gasteiger partial charge on any atom is 2.00 e. The number of para-hydroxylation sites is 1. The summed E-state index contributed by atoms with van der Waals surface area (Å²) >= 11 is 0. The van der Waals surface area contributed by atoms with Crippen molar-refractivity contribution >= 4 is 21.8 Å². The predicted octanol–water partition coefficient (Wildman–Crippen LogP) is 8.35. The molecule has 0 aliphatic heterocycles. The third-order valence-electron chi connectivity index (χ3n) is 7.06. The van der Waals surface area contributed by atoms with Gasteiger partial charge < -0.3 is 9.30 Å². The van der Waals surface area contributed by atoms with E-state index in [1.54, 1.807) is 10.9 Å². The second-order valence-electron chi connectivity index (χ2n) is 12.0. The summed E-state index contributed by atoms with van der Waals surface area (Å²) in [7, 11) is 0. The molecule has 0 bridgehead atoms. The molecule has 0 amide bonds. The van der Waals surface area contributed by atoms with Crippen molar-refractivity contribution in [1.29, 1.82) is 0 Å². The van der Waals surface area contributed by atoms with Crippen LogP contribution in [0, 0.1) is 12.1 Å². The van der Waals surface area contributed by atoms with E-state index in [-0.39, 0.29) is 31.9 Å². The minimum Gasteiger partial charge on any atom is -0.509 e. The van der Waals surface area contributed by atoms with Crippen molar-refractivity contribution in [2.24, 2.45) is 0 Å². The fourth-order valence-electron chi connectivity index (χ4n) is 4.85.